The molecule has 3 nitrogen and oxygen atoms in total. The second kappa shape index (κ2) is 6.18. The van der Waals surface area contributed by atoms with Crippen molar-refractivity contribution in [3.05, 3.63) is 21.4 Å². The van der Waals surface area contributed by atoms with Crippen molar-refractivity contribution in [2.75, 3.05) is 12.4 Å². The van der Waals surface area contributed by atoms with Gasteiger partial charge in [-0.15, -0.1) is 11.3 Å². The number of halogens is 1. The maximum atomic E-state index is 6.31. The second-order valence-electron chi connectivity index (χ2n) is 5.04. The van der Waals surface area contributed by atoms with Crippen LogP contribution in [-0.4, -0.2) is 28.4 Å². The van der Waals surface area contributed by atoms with Gasteiger partial charge in [0.25, 0.3) is 0 Å². The molecular formula is C14H17ClN2OS2. The number of rotatable bonds is 4. The van der Waals surface area contributed by atoms with Gasteiger partial charge in [-0.1, -0.05) is 11.6 Å². The lowest BCUT2D eigenvalue weighted by Gasteiger charge is -2.08. The minimum absolute atomic E-state index is 0.408. The van der Waals surface area contributed by atoms with Gasteiger partial charge in [0.05, 0.1) is 17.2 Å². The first kappa shape index (κ1) is 14.6. The Hall–Kier alpha value is -0.360. The van der Waals surface area contributed by atoms with E-state index in [4.69, 9.17) is 16.3 Å². The van der Waals surface area contributed by atoms with Crippen molar-refractivity contribution in [3.8, 4) is 0 Å². The molecule has 6 heteroatoms. The number of nitrogens with zero attached hydrogens (tertiary/aromatic N) is 2. The standard InChI is InChI=1S/C14H17ClN2OS2/c1-8-9(2)20-14-12(8)13(15)16-11(17-14)7-19-6-10-4-3-5-18-10/h10H,3-7H2,1-2H3. The Morgan fingerprint density at radius 3 is 3.00 bits per heavy atom. The Bertz CT molecular complexity index is 623. The monoisotopic (exact) mass is 328 g/mol. The van der Waals surface area contributed by atoms with Crippen LogP contribution in [0.4, 0.5) is 0 Å². The summed E-state index contributed by atoms with van der Waals surface area (Å²) >= 11 is 9.83. The molecule has 3 rings (SSSR count). The van der Waals surface area contributed by atoms with Crippen LogP contribution in [0.25, 0.3) is 10.2 Å². The maximum absolute atomic E-state index is 6.31. The SMILES string of the molecule is Cc1sc2nc(CSCC3CCCO3)nc(Cl)c2c1C. The molecule has 2 aromatic heterocycles. The van der Waals surface area contributed by atoms with Crippen molar-refractivity contribution in [1.82, 2.24) is 9.97 Å². The normalized spacial score (nSPS) is 19.1. The quantitative estimate of drug-likeness (QED) is 0.780. The molecule has 0 radical (unpaired) electrons. The van der Waals surface area contributed by atoms with Crippen LogP contribution < -0.4 is 0 Å². The lowest BCUT2D eigenvalue weighted by atomic mass is 10.2. The third-order valence-electron chi connectivity index (χ3n) is 3.59. The highest BCUT2D eigenvalue weighted by Crippen LogP contribution is 2.33. The van der Waals surface area contributed by atoms with E-state index in [1.165, 1.54) is 23.3 Å². The fourth-order valence-corrected chi connectivity index (χ4v) is 4.75. The van der Waals surface area contributed by atoms with Crippen molar-refractivity contribution in [3.63, 3.8) is 0 Å². The zero-order chi connectivity index (χ0) is 14.1. The minimum atomic E-state index is 0.408. The summed E-state index contributed by atoms with van der Waals surface area (Å²) in [6.45, 7) is 5.09. The van der Waals surface area contributed by atoms with E-state index in [1.54, 1.807) is 11.3 Å². The molecule has 20 heavy (non-hydrogen) atoms. The Morgan fingerprint density at radius 2 is 2.25 bits per heavy atom. The molecule has 1 atom stereocenters. The van der Waals surface area contributed by atoms with Crippen LogP contribution in [0.2, 0.25) is 5.15 Å². The van der Waals surface area contributed by atoms with Gasteiger partial charge in [-0.25, -0.2) is 9.97 Å². The molecule has 2 aromatic rings. The molecule has 0 amide bonds. The van der Waals surface area contributed by atoms with Gasteiger partial charge in [0.15, 0.2) is 0 Å². The van der Waals surface area contributed by atoms with Gasteiger partial charge in [0.2, 0.25) is 0 Å². The number of aromatic nitrogens is 2. The Labute approximate surface area is 132 Å². The van der Waals surface area contributed by atoms with E-state index in [2.05, 4.69) is 23.8 Å². The van der Waals surface area contributed by atoms with Crippen LogP contribution in [0.15, 0.2) is 0 Å². The van der Waals surface area contributed by atoms with E-state index >= 15 is 0 Å². The van der Waals surface area contributed by atoms with Crippen LogP contribution in [0.1, 0.15) is 29.1 Å². The molecular weight excluding hydrogens is 312 g/mol. The molecule has 0 aliphatic carbocycles. The van der Waals surface area contributed by atoms with Crippen LogP contribution in [0, 0.1) is 13.8 Å². The van der Waals surface area contributed by atoms with Gasteiger partial charge < -0.3 is 4.74 Å². The van der Waals surface area contributed by atoms with Crippen LogP contribution in [-0.2, 0) is 10.5 Å². The summed E-state index contributed by atoms with van der Waals surface area (Å²) in [6.07, 6.45) is 2.77. The molecule has 108 valence electrons. The number of aryl methyl sites for hydroxylation is 2. The van der Waals surface area contributed by atoms with Crippen molar-refractivity contribution < 1.29 is 4.74 Å². The second-order valence-corrected chi connectivity index (χ2v) is 7.64. The molecule has 0 bridgehead atoms. The van der Waals surface area contributed by atoms with Gasteiger partial charge in [0, 0.05) is 17.2 Å². The van der Waals surface area contributed by atoms with E-state index in [-0.39, 0.29) is 0 Å². The molecule has 0 spiro atoms. The average molecular weight is 329 g/mol. The van der Waals surface area contributed by atoms with Crippen LogP contribution in [0.3, 0.4) is 0 Å². The first-order chi connectivity index (χ1) is 9.65. The number of ether oxygens (including phenoxy) is 1. The van der Waals surface area contributed by atoms with Gasteiger partial charge in [-0.2, -0.15) is 11.8 Å². The molecule has 0 saturated carbocycles. The summed E-state index contributed by atoms with van der Waals surface area (Å²) in [5, 5.41) is 1.60. The fraction of sp³-hybridized carbons (Fsp3) is 0.571. The van der Waals surface area contributed by atoms with E-state index in [0.29, 0.717) is 11.3 Å². The van der Waals surface area contributed by atoms with E-state index < -0.39 is 0 Å². The number of thiophene rings is 1. The summed E-state index contributed by atoms with van der Waals surface area (Å²) < 4.78 is 5.62. The van der Waals surface area contributed by atoms with Gasteiger partial charge in [0.1, 0.15) is 15.8 Å². The van der Waals surface area contributed by atoms with Gasteiger partial charge >= 0.3 is 0 Å². The van der Waals surface area contributed by atoms with Crippen molar-refractivity contribution in [2.45, 2.75) is 38.5 Å². The molecule has 1 fully saturated rings. The highest BCUT2D eigenvalue weighted by molar-refractivity contribution is 7.98. The van der Waals surface area contributed by atoms with Crippen LogP contribution in [0.5, 0.6) is 0 Å². The predicted molar refractivity (Wildman–Crippen MR) is 87.0 cm³/mol. The Morgan fingerprint density at radius 1 is 1.40 bits per heavy atom. The average Bonchev–Trinajstić information content (AvgIpc) is 2.99. The zero-order valence-electron chi connectivity index (χ0n) is 11.6. The Balaban J connectivity index is 1.72. The van der Waals surface area contributed by atoms with Crippen molar-refractivity contribution in [2.24, 2.45) is 0 Å². The molecule has 0 N–H and O–H groups in total. The minimum Gasteiger partial charge on any atom is -0.377 e. The number of hydrogen-bond donors (Lipinski definition) is 0. The summed E-state index contributed by atoms with van der Waals surface area (Å²) in [4.78, 5) is 11.4. The summed E-state index contributed by atoms with van der Waals surface area (Å²) in [5.41, 5.74) is 1.20. The lowest BCUT2D eigenvalue weighted by molar-refractivity contribution is 0.129. The molecule has 0 aromatic carbocycles. The maximum Gasteiger partial charge on any atom is 0.141 e. The molecule has 1 aliphatic rings. The number of thioether (sulfide) groups is 1. The van der Waals surface area contributed by atoms with Gasteiger partial charge in [-0.3, -0.25) is 0 Å². The topological polar surface area (TPSA) is 35.0 Å². The number of hydrogen-bond acceptors (Lipinski definition) is 5. The highest BCUT2D eigenvalue weighted by Gasteiger charge is 2.16. The summed E-state index contributed by atoms with van der Waals surface area (Å²) in [5.74, 6) is 2.64. The highest BCUT2D eigenvalue weighted by atomic mass is 35.5. The Kier molecular flexibility index (Phi) is 4.50. The van der Waals surface area contributed by atoms with E-state index in [0.717, 1.165) is 34.2 Å². The molecule has 1 saturated heterocycles. The first-order valence-electron chi connectivity index (χ1n) is 6.76. The largest absolute Gasteiger partial charge is 0.377 e. The molecule has 1 aliphatic heterocycles. The first-order valence-corrected chi connectivity index (χ1v) is 9.11. The fourth-order valence-electron chi connectivity index (χ4n) is 2.36. The third-order valence-corrected chi connectivity index (χ3v) is 6.03. The third kappa shape index (κ3) is 2.96. The zero-order valence-corrected chi connectivity index (χ0v) is 14.0. The van der Waals surface area contributed by atoms with Crippen LogP contribution >= 0.6 is 34.7 Å². The van der Waals surface area contributed by atoms with E-state index in [9.17, 15) is 0 Å². The predicted octanol–water partition coefficient (Wildman–Crippen LogP) is 4.37. The summed E-state index contributed by atoms with van der Waals surface area (Å²) in [7, 11) is 0. The lowest BCUT2D eigenvalue weighted by Crippen LogP contribution is -2.08. The molecule has 1 unspecified atom stereocenters. The summed E-state index contributed by atoms with van der Waals surface area (Å²) in [6, 6.07) is 0. The van der Waals surface area contributed by atoms with Gasteiger partial charge in [-0.05, 0) is 32.3 Å². The molecule has 3 heterocycles. The smallest absolute Gasteiger partial charge is 0.141 e. The van der Waals surface area contributed by atoms with Crippen molar-refractivity contribution in [1.29, 1.82) is 0 Å². The van der Waals surface area contributed by atoms with Crippen molar-refractivity contribution >= 4 is 44.9 Å². The van der Waals surface area contributed by atoms with E-state index in [1.807, 2.05) is 11.8 Å². The number of fused-ring (bicyclic) bond motifs is 1.